The Morgan fingerprint density at radius 2 is 0.893 bits per heavy atom. The number of hydrogen-bond acceptors (Lipinski definition) is 7. The molecule has 0 saturated heterocycles. The Balaban J connectivity index is 1.63. The summed E-state index contributed by atoms with van der Waals surface area (Å²) in [6.45, 7) is 2.78. The Labute approximate surface area is 164 Å². The molecule has 1 aliphatic heterocycles. The van der Waals surface area contributed by atoms with E-state index in [1.807, 2.05) is 36.4 Å². The molecule has 1 heterocycles. The van der Waals surface area contributed by atoms with Crippen molar-refractivity contribution in [3.05, 3.63) is 48.5 Å². The van der Waals surface area contributed by atoms with Gasteiger partial charge in [0.1, 0.15) is 32.5 Å². The summed E-state index contributed by atoms with van der Waals surface area (Å²) in [4.78, 5) is 0. The third kappa shape index (κ3) is 6.60. The Hall–Kier alpha value is -2.48. The Morgan fingerprint density at radius 3 is 1.32 bits per heavy atom. The van der Waals surface area contributed by atoms with Crippen LogP contribution in [0, 0.1) is 0 Å². The summed E-state index contributed by atoms with van der Waals surface area (Å²) in [6.07, 6.45) is -0.810. The third-order valence-corrected chi connectivity index (χ3v) is 3.90. The van der Waals surface area contributed by atoms with Crippen LogP contribution in [0.1, 0.15) is 0 Å². The highest BCUT2D eigenvalue weighted by molar-refractivity contribution is 5.40. The van der Waals surface area contributed by atoms with Gasteiger partial charge in [-0.2, -0.15) is 0 Å². The number of hydrogen-bond donors (Lipinski definition) is 1. The third-order valence-electron chi connectivity index (χ3n) is 3.90. The van der Waals surface area contributed by atoms with E-state index < -0.39 is 6.10 Å². The van der Waals surface area contributed by atoms with E-state index in [-0.39, 0.29) is 13.2 Å². The standard InChI is InChI=1S/C21H26O7/c22-17-15-27-20-7-3-1-5-18(20)25-13-11-23-9-10-24-12-14-26-19-6-2-4-8-21(19)28-16-17/h1-8,17,22H,9-16H2. The molecule has 0 amide bonds. The fourth-order valence-electron chi connectivity index (χ4n) is 2.54. The van der Waals surface area contributed by atoms with E-state index in [4.69, 9.17) is 28.4 Å². The summed E-state index contributed by atoms with van der Waals surface area (Å²) in [6, 6.07) is 14.6. The zero-order valence-corrected chi connectivity index (χ0v) is 15.7. The second-order valence-electron chi connectivity index (χ2n) is 6.09. The molecule has 0 fully saturated rings. The van der Waals surface area contributed by atoms with Crippen molar-refractivity contribution in [1.29, 1.82) is 0 Å². The quantitative estimate of drug-likeness (QED) is 0.740. The van der Waals surface area contributed by atoms with E-state index in [0.717, 1.165) is 0 Å². The van der Waals surface area contributed by atoms with Crippen LogP contribution in [0.5, 0.6) is 23.0 Å². The molecule has 1 N–H and O–H groups in total. The van der Waals surface area contributed by atoms with E-state index in [0.29, 0.717) is 62.6 Å². The second-order valence-corrected chi connectivity index (χ2v) is 6.09. The normalized spacial score (nSPS) is 17.8. The number of aliphatic hydroxyl groups excluding tert-OH is 1. The van der Waals surface area contributed by atoms with Gasteiger partial charge in [-0.15, -0.1) is 0 Å². The summed E-state index contributed by atoms with van der Waals surface area (Å²) < 4.78 is 33.8. The largest absolute Gasteiger partial charge is 0.487 e. The second kappa shape index (κ2) is 11.4. The molecule has 0 radical (unpaired) electrons. The first kappa shape index (κ1) is 20.3. The Bertz CT molecular complexity index is 647. The van der Waals surface area contributed by atoms with E-state index in [2.05, 4.69) is 0 Å². The lowest BCUT2D eigenvalue weighted by molar-refractivity contribution is 0.0269. The molecule has 28 heavy (non-hydrogen) atoms. The number of aliphatic hydroxyl groups is 1. The molecule has 0 saturated carbocycles. The van der Waals surface area contributed by atoms with Crippen LogP contribution >= 0.6 is 0 Å². The van der Waals surface area contributed by atoms with Crippen molar-refractivity contribution in [3.63, 3.8) is 0 Å². The molecule has 0 bridgehead atoms. The predicted octanol–water partition coefficient (Wildman–Crippen LogP) is 2.31. The van der Waals surface area contributed by atoms with Crippen LogP contribution in [-0.2, 0) is 9.47 Å². The highest BCUT2D eigenvalue weighted by Crippen LogP contribution is 2.28. The molecule has 1 aliphatic rings. The van der Waals surface area contributed by atoms with Crippen LogP contribution < -0.4 is 18.9 Å². The average Bonchev–Trinajstić information content (AvgIpc) is 2.73. The minimum atomic E-state index is -0.810. The first-order valence-electron chi connectivity index (χ1n) is 9.36. The van der Waals surface area contributed by atoms with Crippen LogP contribution in [0.15, 0.2) is 48.5 Å². The van der Waals surface area contributed by atoms with Crippen molar-refractivity contribution in [2.75, 3.05) is 52.9 Å². The van der Waals surface area contributed by atoms with Gasteiger partial charge >= 0.3 is 0 Å². The van der Waals surface area contributed by atoms with Gasteiger partial charge in [-0.05, 0) is 24.3 Å². The highest BCUT2D eigenvalue weighted by Gasteiger charge is 2.12. The molecule has 0 aliphatic carbocycles. The van der Waals surface area contributed by atoms with Crippen molar-refractivity contribution in [2.24, 2.45) is 0 Å². The van der Waals surface area contributed by atoms with Crippen LogP contribution in [0.2, 0.25) is 0 Å². The number of para-hydroxylation sites is 4. The minimum absolute atomic E-state index is 0.0771. The summed E-state index contributed by atoms with van der Waals surface area (Å²) >= 11 is 0. The molecule has 3 rings (SSSR count). The molecule has 0 atom stereocenters. The summed E-state index contributed by atoms with van der Waals surface area (Å²) in [7, 11) is 0. The summed E-state index contributed by atoms with van der Waals surface area (Å²) in [5.41, 5.74) is 0. The van der Waals surface area contributed by atoms with Gasteiger partial charge in [0.05, 0.1) is 26.4 Å². The summed E-state index contributed by atoms with van der Waals surface area (Å²) in [5.74, 6) is 2.33. The maximum absolute atomic E-state index is 10.2. The first-order valence-corrected chi connectivity index (χ1v) is 9.36. The molecule has 2 aromatic rings. The van der Waals surface area contributed by atoms with Crippen molar-refractivity contribution in [1.82, 2.24) is 0 Å². The van der Waals surface area contributed by atoms with Gasteiger partial charge in [0, 0.05) is 0 Å². The van der Waals surface area contributed by atoms with Gasteiger partial charge in [-0.1, -0.05) is 24.3 Å². The lowest BCUT2D eigenvalue weighted by atomic mass is 10.3. The van der Waals surface area contributed by atoms with Crippen molar-refractivity contribution >= 4 is 0 Å². The first-order chi connectivity index (χ1) is 13.8. The lowest BCUT2D eigenvalue weighted by Gasteiger charge is -2.17. The van der Waals surface area contributed by atoms with Crippen LogP contribution in [-0.4, -0.2) is 64.1 Å². The van der Waals surface area contributed by atoms with E-state index in [1.165, 1.54) is 0 Å². The number of rotatable bonds is 0. The lowest BCUT2D eigenvalue weighted by Crippen LogP contribution is -2.25. The predicted molar refractivity (Wildman–Crippen MR) is 103 cm³/mol. The molecule has 2 aromatic carbocycles. The van der Waals surface area contributed by atoms with Crippen LogP contribution in [0.3, 0.4) is 0 Å². The molecule has 7 heteroatoms. The maximum Gasteiger partial charge on any atom is 0.161 e. The average molecular weight is 390 g/mol. The maximum atomic E-state index is 10.2. The number of benzene rings is 2. The smallest absolute Gasteiger partial charge is 0.161 e. The molecule has 7 nitrogen and oxygen atoms in total. The molecule has 152 valence electrons. The number of ether oxygens (including phenoxy) is 6. The van der Waals surface area contributed by atoms with E-state index >= 15 is 0 Å². The van der Waals surface area contributed by atoms with Gasteiger partial charge in [-0.3, -0.25) is 0 Å². The Morgan fingerprint density at radius 1 is 0.536 bits per heavy atom. The van der Waals surface area contributed by atoms with Crippen LogP contribution in [0.25, 0.3) is 0 Å². The van der Waals surface area contributed by atoms with E-state index in [9.17, 15) is 5.11 Å². The fourth-order valence-corrected chi connectivity index (χ4v) is 2.54. The van der Waals surface area contributed by atoms with Gasteiger partial charge < -0.3 is 33.5 Å². The monoisotopic (exact) mass is 390 g/mol. The molecule has 0 spiro atoms. The van der Waals surface area contributed by atoms with Crippen LogP contribution in [0.4, 0.5) is 0 Å². The van der Waals surface area contributed by atoms with Gasteiger partial charge in [0.15, 0.2) is 23.0 Å². The molecule has 0 unspecified atom stereocenters. The van der Waals surface area contributed by atoms with Crippen molar-refractivity contribution in [3.8, 4) is 23.0 Å². The zero-order valence-electron chi connectivity index (χ0n) is 15.7. The SMILES string of the molecule is OC1COc2ccccc2OCCOCCOCCOc2ccccc2OC1. The topological polar surface area (TPSA) is 75.6 Å². The summed E-state index contributed by atoms with van der Waals surface area (Å²) in [5, 5.41) is 10.2. The van der Waals surface area contributed by atoms with E-state index in [1.54, 1.807) is 12.1 Å². The minimum Gasteiger partial charge on any atom is -0.487 e. The molecular weight excluding hydrogens is 364 g/mol. The van der Waals surface area contributed by atoms with Gasteiger partial charge in [0.25, 0.3) is 0 Å². The molecular formula is C21H26O7. The molecule has 0 aromatic heterocycles. The van der Waals surface area contributed by atoms with Gasteiger partial charge in [0.2, 0.25) is 0 Å². The fraction of sp³-hybridized carbons (Fsp3) is 0.429. The van der Waals surface area contributed by atoms with Gasteiger partial charge in [-0.25, -0.2) is 0 Å². The zero-order chi connectivity index (χ0) is 19.4. The Kier molecular flexibility index (Phi) is 8.24. The highest BCUT2D eigenvalue weighted by atomic mass is 16.6. The van der Waals surface area contributed by atoms with Crippen molar-refractivity contribution in [2.45, 2.75) is 6.10 Å². The van der Waals surface area contributed by atoms with Crippen molar-refractivity contribution < 1.29 is 33.5 Å². The number of fused-ring (bicyclic) bond motifs is 2.